The van der Waals surface area contributed by atoms with E-state index in [0.29, 0.717) is 17.5 Å². The van der Waals surface area contributed by atoms with Crippen molar-refractivity contribution in [3.63, 3.8) is 0 Å². The van der Waals surface area contributed by atoms with E-state index < -0.39 is 0 Å². The molecule has 2 aromatic heterocycles. The van der Waals surface area contributed by atoms with E-state index in [2.05, 4.69) is 15.7 Å². The minimum atomic E-state index is -0.282. The summed E-state index contributed by atoms with van der Waals surface area (Å²) < 4.78 is 14.9. The second-order valence-electron chi connectivity index (χ2n) is 6.31. The van der Waals surface area contributed by atoms with Gasteiger partial charge in [0.2, 0.25) is 0 Å². The SMILES string of the molecule is Cc1nn(-c2ccc(F)cc2)c2sc(C(=O)NCC3CCCN3)cc12.Cl. The molecule has 0 bridgehead atoms. The Morgan fingerprint density at radius 2 is 2.19 bits per heavy atom. The summed E-state index contributed by atoms with van der Waals surface area (Å²) in [5.74, 6) is -0.337. The van der Waals surface area contributed by atoms with E-state index >= 15 is 0 Å². The van der Waals surface area contributed by atoms with Crippen LogP contribution in [0.2, 0.25) is 0 Å². The van der Waals surface area contributed by atoms with Crippen LogP contribution in [-0.4, -0.2) is 34.8 Å². The first kappa shape index (κ1) is 18.8. The summed E-state index contributed by atoms with van der Waals surface area (Å²) >= 11 is 1.41. The van der Waals surface area contributed by atoms with Crippen LogP contribution in [0.4, 0.5) is 4.39 Å². The zero-order valence-electron chi connectivity index (χ0n) is 14.3. The number of aryl methyl sites for hydroxylation is 1. The molecule has 1 fully saturated rings. The molecule has 1 unspecified atom stereocenters. The molecule has 1 amide bonds. The smallest absolute Gasteiger partial charge is 0.261 e. The molecular weight excluding hydrogens is 375 g/mol. The highest BCUT2D eigenvalue weighted by molar-refractivity contribution is 7.20. The van der Waals surface area contributed by atoms with Crippen LogP contribution >= 0.6 is 23.7 Å². The van der Waals surface area contributed by atoms with Crippen LogP contribution in [-0.2, 0) is 0 Å². The average Bonchev–Trinajstić information content (AvgIpc) is 3.32. The number of thiophene rings is 1. The van der Waals surface area contributed by atoms with Crippen molar-refractivity contribution in [1.29, 1.82) is 0 Å². The molecule has 138 valence electrons. The van der Waals surface area contributed by atoms with Crippen molar-refractivity contribution in [2.24, 2.45) is 0 Å². The van der Waals surface area contributed by atoms with E-state index in [1.54, 1.807) is 16.8 Å². The molecule has 1 saturated heterocycles. The van der Waals surface area contributed by atoms with Crippen molar-refractivity contribution >= 4 is 39.9 Å². The van der Waals surface area contributed by atoms with Gasteiger partial charge in [-0.25, -0.2) is 9.07 Å². The number of nitrogens with zero attached hydrogens (tertiary/aromatic N) is 2. The quantitative estimate of drug-likeness (QED) is 0.712. The average molecular weight is 395 g/mol. The molecule has 0 aliphatic carbocycles. The largest absolute Gasteiger partial charge is 0.350 e. The molecule has 26 heavy (non-hydrogen) atoms. The van der Waals surface area contributed by atoms with Gasteiger partial charge in [0.15, 0.2) is 0 Å². The van der Waals surface area contributed by atoms with Crippen LogP contribution in [0, 0.1) is 12.7 Å². The maximum atomic E-state index is 13.2. The van der Waals surface area contributed by atoms with Gasteiger partial charge in [-0.05, 0) is 56.6 Å². The zero-order chi connectivity index (χ0) is 17.4. The van der Waals surface area contributed by atoms with Crippen molar-refractivity contribution < 1.29 is 9.18 Å². The number of fused-ring (bicyclic) bond motifs is 1. The lowest BCUT2D eigenvalue weighted by molar-refractivity contribution is 0.0954. The summed E-state index contributed by atoms with van der Waals surface area (Å²) in [5.41, 5.74) is 1.63. The molecule has 0 saturated carbocycles. The van der Waals surface area contributed by atoms with Crippen molar-refractivity contribution in [2.75, 3.05) is 13.1 Å². The maximum absolute atomic E-state index is 13.2. The van der Waals surface area contributed by atoms with Gasteiger partial charge in [0, 0.05) is 18.0 Å². The van der Waals surface area contributed by atoms with E-state index in [-0.39, 0.29) is 24.1 Å². The normalized spacial score (nSPS) is 16.6. The fourth-order valence-corrected chi connectivity index (χ4v) is 4.25. The topological polar surface area (TPSA) is 59.0 Å². The van der Waals surface area contributed by atoms with Crippen LogP contribution in [0.25, 0.3) is 15.9 Å². The molecule has 0 spiro atoms. The highest BCUT2D eigenvalue weighted by Crippen LogP contribution is 2.30. The van der Waals surface area contributed by atoms with Crippen LogP contribution in [0.15, 0.2) is 30.3 Å². The van der Waals surface area contributed by atoms with Crippen LogP contribution in [0.5, 0.6) is 0 Å². The molecule has 5 nitrogen and oxygen atoms in total. The third kappa shape index (κ3) is 3.60. The molecule has 2 N–H and O–H groups in total. The summed E-state index contributed by atoms with van der Waals surface area (Å²) in [4.78, 5) is 14.0. The van der Waals surface area contributed by atoms with Crippen LogP contribution in [0.1, 0.15) is 28.2 Å². The predicted octanol–water partition coefficient (Wildman–Crippen LogP) is 3.44. The van der Waals surface area contributed by atoms with Crippen molar-refractivity contribution in [3.05, 3.63) is 46.7 Å². The van der Waals surface area contributed by atoms with Gasteiger partial charge < -0.3 is 10.6 Å². The van der Waals surface area contributed by atoms with Gasteiger partial charge in [-0.2, -0.15) is 5.10 Å². The molecule has 1 aliphatic rings. The fraction of sp³-hybridized carbons (Fsp3) is 0.333. The second-order valence-corrected chi connectivity index (χ2v) is 7.34. The zero-order valence-corrected chi connectivity index (χ0v) is 15.9. The predicted molar refractivity (Wildman–Crippen MR) is 104 cm³/mol. The number of aromatic nitrogens is 2. The molecule has 0 radical (unpaired) electrons. The number of amides is 1. The first-order valence-electron chi connectivity index (χ1n) is 8.38. The van der Waals surface area contributed by atoms with Crippen molar-refractivity contribution in [1.82, 2.24) is 20.4 Å². The Bertz CT molecular complexity index is 915. The molecule has 1 atom stereocenters. The summed E-state index contributed by atoms with van der Waals surface area (Å²) in [6.07, 6.45) is 2.27. The molecule has 1 aromatic carbocycles. The summed E-state index contributed by atoms with van der Waals surface area (Å²) in [6.45, 7) is 3.59. The monoisotopic (exact) mass is 394 g/mol. The summed E-state index contributed by atoms with van der Waals surface area (Å²) in [7, 11) is 0. The van der Waals surface area contributed by atoms with E-state index in [9.17, 15) is 9.18 Å². The Hall–Kier alpha value is -1.96. The van der Waals surface area contributed by atoms with Gasteiger partial charge in [-0.3, -0.25) is 4.79 Å². The number of halogens is 2. The minimum absolute atomic E-state index is 0. The van der Waals surface area contributed by atoms with Gasteiger partial charge in [0.05, 0.1) is 16.3 Å². The number of hydrogen-bond donors (Lipinski definition) is 2. The number of benzene rings is 1. The van der Waals surface area contributed by atoms with Gasteiger partial charge >= 0.3 is 0 Å². The third-order valence-corrected chi connectivity index (χ3v) is 5.62. The lowest BCUT2D eigenvalue weighted by Crippen LogP contribution is -2.36. The van der Waals surface area contributed by atoms with Crippen molar-refractivity contribution in [3.8, 4) is 5.69 Å². The summed E-state index contributed by atoms with van der Waals surface area (Å²) in [5, 5.41) is 11.9. The Balaban J connectivity index is 0.00000196. The van der Waals surface area contributed by atoms with Crippen LogP contribution < -0.4 is 10.6 Å². The van der Waals surface area contributed by atoms with E-state index in [1.807, 2.05) is 13.0 Å². The lowest BCUT2D eigenvalue weighted by Gasteiger charge is -2.10. The van der Waals surface area contributed by atoms with Gasteiger partial charge in [0.1, 0.15) is 10.6 Å². The molecule has 1 aliphatic heterocycles. The Morgan fingerprint density at radius 1 is 1.42 bits per heavy atom. The third-order valence-electron chi connectivity index (χ3n) is 4.51. The first-order valence-corrected chi connectivity index (χ1v) is 9.20. The number of carbonyl (C=O) groups is 1. The van der Waals surface area contributed by atoms with E-state index in [4.69, 9.17) is 0 Å². The van der Waals surface area contributed by atoms with Gasteiger partial charge in [-0.1, -0.05) is 0 Å². The molecule has 3 heterocycles. The Labute approximate surface area is 161 Å². The number of hydrogen-bond acceptors (Lipinski definition) is 4. The first-order chi connectivity index (χ1) is 12.1. The van der Waals surface area contributed by atoms with Crippen LogP contribution in [0.3, 0.4) is 0 Å². The maximum Gasteiger partial charge on any atom is 0.261 e. The lowest BCUT2D eigenvalue weighted by atomic mass is 10.2. The fourth-order valence-electron chi connectivity index (χ4n) is 3.15. The Kier molecular flexibility index (Phi) is 5.60. The standard InChI is InChI=1S/C18H19FN4OS.ClH/c1-11-15-9-16(17(24)21-10-13-3-2-8-20-13)25-18(15)23(22-11)14-6-4-12(19)5-7-14;/h4-7,9,13,20H,2-3,8,10H2,1H3,(H,21,24);1H. The molecular formula is C18H20ClFN4OS. The Morgan fingerprint density at radius 3 is 2.88 bits per heavy atom. The van der Waals surface area contributed by atoms with Crippen molar-refractivity contribution in [2.45, 2.75) is 25.8 Å². The molecule has 4 rings (SSSR count). The second kappa shape index (κ2) is 7.73. The van der Waals surface area contributed by atoms with E-state index in [0.717, 1.165) is 41.0 Å². The molecule has 3 aromatic rings. The van der Waals surface area contributed by atoms with Gasteiger partial charge in [-0.15, -0.1) is 23.7 Å². The number of carbonyl (C=O) groups excluding carboxylic acids is 1. The number of rotatable bonds is 4. The molecule has 8 heteroatoms. The highest BCUT2D eigenvalue weighted by Gasteiger charge is 2.19. The highest BCUT2D eigenvalue weighted by atomic mass is 35.5. The van der Waals surface area contributed by atoms with Gasteiger partial charge in [0.25, 0.3) is 5.91 Å². The number of nitrogens with one attached hydrogen (secondary N) is 2. The summed E-state index contributed by atoms with van der Waals surface area (Å²) in [6, 6.07) is 8.45. The van der Waals surface area contributed by atoms with E-state index in [1.165, 1.54) is 23.5 Å². The minimum Gasteiger partial charge on any atom is -0.350 e.